The van der Waals surface area contributed by atoms with Crippen LogP contribution in [-0.2, 0) is 9.84 Å². The second kappa shape index (κ2) is 7.30. The van der Waals surface area contributed by atoms with Crippen LogP contribution in [0.5, 0.6) is 5.75 Å². The number of nitrogens with zero attached hydrogens (tertiary/aromatic N) is 2. The van der Waals surface area contributed by atoms with Crippen molar-refractivity contribution >= 4 is 37.5 Å². The molecule has 2 aromatic carbocycles. The van der Waals surface area contributed by atoms with Gasteiger partial charge < -0.3 is 4.74 Å². The first-order valence-corrected chi connectivity index (χ1v) is 10.1. The van der Waals surface area contributed by atoms with Crippen molar-refractivity contribution in [1.29, 1.82) is 0 Å². The van der Waals surface area contributed by atoms with Crippen molar-refractivity contribution in [3.05, 3.63) is 65.4 Å². The van der Waals surface area contributed by atoms with Crippen molar-refractivity contribution in [3.8, 4) is 11.4 Å². The number of carbonyl (C=O) groups excluding carboxylic acids is 1. The van der Waals surface area contributed by atoms with E-state index in [9.17, 15) is 13.2 Å². The molecule has 1 aromatic heterocycles. The number of ether oxygens (including phenoxy) is 1. The average molecular weight is 436 g/mol. The van der Waals surface area contributed by atoms with Crippen LogP contribution >= 0.6 is 15.9 Å². The highest BCUT2D eigenvalue weighted by molar-refractivity contribution is 9.10. The van der Waals surface area contributed by atoms with E-state index in [1.54, 1.807) is 16.9 Å². The minimum atomic E-state index is -3.36. The van der Waals surface area contributed by atoms with E-state index in [1.165, 1.54) is 24.4 Å². The van der Waals surface area contributed by atoms with Gasteiger partial charge in [-0.25, -0.2) is 17.9 Å². The molecule has 0 bridgehead atoms. The van der Waals surface area contributed by atoms with E-state index in [-0.39, 0.29) is 10.6 Å². The summed E-state index contributed by atoms with van der Waals surface area (Å²) in [5, 5.41) is 6.63. The Morgan fingerprint density at radius 2 is 1.92 bits per heavy atom. The first-order valence-electron chi connectivity index (χ1n) is 7.41. The number of rotatable bonds is 4. The number of anilines is 1. The molecule has 26 heavy (non-hydrogen) atoms. The first kappa shape index (κ1) is 18.2. The second-order valence-electron chi connectivity index (χ2n) is 5.41. The minimum Gasteiger partial charge on any atom is -0.407 e. The lowest BCUT2D eigenvalue weighted by molar-refractivity contribution is 0.215. The number of benzene rings is 2. The molecular formula is C17H14BrN3O4S. The molecule has 0 radical (unpaired) electrons. The molecule has 1 amide bonds. The summed E-state index contributed by atoms with van der Waals surface area (Å²) in [5.41, 5.74) is 1.13. The van der Waals surface area contributed by atoms with Crippen LogP contribution < -0.4 is 10.1 Å². The van der Waals surface area contributed by atoms with E-state index in [2.05, 4.69) is 26.3 Å². The maximum Gasteiger partial charge on any atom is 0.417 e. The summed E-state index contributed by atoms with van der Waals surface area (Å²) in [7, 11) is -3.36. The molecule has 0 saturated heterocycles. The lowest BCUT2D eigenvalue weighted by atomic mass is 10.3. The topological polar surface area (TPSA) is 90.3 Å². The summed E-state index contributed by atoms with van der Waals surface area (Å²) in [4.78, 5) is 12.1. The largest absolute Gasteiger partial charge is 0.417 e. The van der Waals surface area contributed by atoms with Gasteiger partial charge in [-0.1, -0.05) is 22.0 Å². The van der Waals surface area contributed by atoms with Gasteiger partial charge in [0.15, 0.2) is 15.6 Å². The van der Waals surface area contributed by atoms with Crippen molar-refractivity contribution in [2.45, 2.75) is 4.90 Å². The number of amides is 1. The Morgan fingerprint density at radius 3 is 2.62 bits per heavy atom. The van der Waals surface area contributed by atoms with Crippen molar-refractivity contribution in [1.82, 2.24) is 9.78 Å². The molecule has 0 aliphatic rings. The van der Waals surface area contributed by atoms with Crippen LogP contribution in [0.25, 0.3) is 5.69 Å². The summed E-state index contributed by atoms with van der Waals surface area (Å²) in [6.45, 7) is 0. The Hall–Kier alpha value is -2.65. The highest BCUT2D eigenvalue weighted by atomic mass is 79.9. The van der Waals surface area contributed by atoms with Crippen LogP contribution in [0.1, 0.15) is 0 Å². The highest BCUT2D eigenvalue weighted by Gasteiger charge is 2.11. The van der Waals surface area contributed by atoms with Gasteiger partial charge in [0.25, 0.3) is 0 Å². The first-order chi connectivity index (χ1) is 12.3. The molecule has 3 rings (SSSR count). The van der Waals surface area contributed by atoms with Gasteiger partial charge in [-0.2, -0.15) is 5.10 Å². The molecule has 9 heteroatoms. The molecule has 0 atom stereocenters. The predicted molar refractivity (Wildman–Crippen MR) is 100 cm³/mol. The molecule has 0 spiro atoms. The van der Waals surface area contributed by atoms with Gasteiger partial charge in [0.2, 0.25) is 0 Å². The van der Waals surface area contributed by atoms with Crippen LogP contribution in [0.2, 0.25) is 0 Å². The molecule has 7 nitrogen and oxygen atoms in total. The van der Waals surface area contributed by atoms with E-state index in [0.717, 1.165) is 16.4 Å². The van der Waals surface area contributed by atoms with Crippen LogP contribution in [0.15, 0.2) is 70.3 Å². The van der Waals surface area contributed by atoms with E-state index >= 15 is 0 Å². The molecule has 0 fully saturated rings. The third-order valence-corrected chi connectivity index (χ3v) is 5.01. The lowest BCUT2D eigenvalue weighted by Gasteiger charge is -2.06. The monoisotopic (exact) mass is 435 g/mol. The number of hydrogen-bond donors (Lipinski definition) is 1. The van der Waals surface area contributed by atoms with Gasteiger partial charge >= 0.3 is 6.09 Å². The number of hydrogen-bond acceptors (Lipinski definition) is 5. The van der Waals surface area contributed by atoms with E-state index in [0.29, 0.717) is 5.69 Å². The summed E-state index contributed by atoms with van der Waals surface area (Å²) < 4.78 is 30.8. The SMILES string of the molecule is CS(=O)(=O)c1cccc(NC(=O)Oc2cnn(-c3ccc(Br)cc3)c2)c1. The maximum atomic E-state index is 12.0. The second-order valence-corrected chi connectivity index (χ2v) is 8.34. The zero-order chi connectivity index (χ0) is 18.7. The van der Waals surface area contributed by atoms with E-state index < -0.39 is 15.9 Å². The molecule has 0 unspecified atom stereocenters. The quantitative estimate of drug-likeness (QED) is 0.675. The highest BCUT2D eigenvalue weighted by Crippen LogP contribution is 2.18. The van der Waals surface area contributed by atoms with Gasteiger partial charge in [-0.3, -0.25) is 5.32 Å². The molecule has 3 aromatic rings. The van der Waals surface area contributed by atoms with Crippen molar-refractivity contribution < 1.29 is 17.9 Å². The number of aromatic nitrogens is 2. The van der Waals surface area contributed by atoms with Gasteiger partial charge in [0.1, 0.15) is 0 Å². The van der Waals surface area contributed by atoms with Crippen LogP contribution in [0.3, 0.4) is 0 Å². The molecule has 0 aliphatic heterocycles. The Kier molecular flexibility index (Phi) is 5.10. The fourth-order valence-electron chi connectivity index (χ4n) is 2.15. The zero-order valence-electron chi connectivity index (χ0n) is 13.6. The normalized spacial score (nSPS) is 11.2. The van der Waals surface area contributed by atoms with E-state index in [1.807, 2.05) is 24.3 Å². The molecule has 1 heterocycles. The van der Waals surface area contributed by atoms with Gasteiger partial charge in [0, 0.05) is 16.4 Å². The molecule has 1 N–H and O–H groups in total. The molecule has 134 valence electrons. The fourth-order valence-corrected chi connectivity index (χ4v) is 3.08. The zero-order valence-corrected chi connectivity index (χ0v) is 16.0. The van der Waals surface area contributed by atoms with Crippen LogP contribution in [0.4, 0.5) is 10.5 Å². The number of carbonyl (C=O) groups is 1. The van der Waals surface area contributed by atoms with Gasteiger partial charge in [-0.15, -0.1) is 0 Å². The third kappa shape index (κ3) is 4.50. The van der Waals surface area contributed by atoms with E-state index in [4.69, 9.17) is 4.74 Å². The predicted octanol–water partition coefficient (Wildman–Crippen LogP) is 3.65. The Bertz CT molecular complexity index is 1050. The third-order valence-electron chi connectivity index (χ3n) is 3.37. The van der Waals surface area contributed by atoms with Crippen LogP contribution in [-0.4, -0.2) is 30.5 Å². The average Bonchev–Trinajstić information content (AvgIpc) is 3.03. The van der Waals surface area contributed by atoms with Gasteiger partial charge in [0.05, 0.1) is 23.0 Å². The van der Waals surface area contributed by atoms with Gasteiger partial charge in [-0.05, 0) is 42.5 Å². The van der Waals surface area contributed by atoms with Crippen molar-refractivity contribution in [3.63, 3.8) is 0 Å². The standard InChI is InChI=1S/C17H14BrN3O4S/c1-26(23,24)16-4-2-3-13(9-16)20-17(22)25-15-10-19-21(11-15)14-7-5-12(18)6-8-14/h2-11H,1H3,(H,20,22). The number of halogens is 1. The fraction of sp³-hybridized carbons (Fsp3) is 0.0588. The van der Waals surface area contributed by atoms with Crippen molar-refractivity contribution in [2.75, 3.05) is 11.6 Å². The van der Waals surface area contributed by atoms with Crippen LogP contribution in [0, 0.1) is 0 Å². The number of sulfone groups is 1. The summed E-state index contributed by atoms with van der Waals surface area (Å²) in [6, 6.07) is 13.4. The Labute approximate surface area is 158 Å². The summed E-state index contributed by atoms with van der Waals surface area (Å²) in [6.07, 6.45) is 3.33. The Morgan fingerprint density at radius 1 is 1.19 bits per heavy atom. The smallest absolute Gasteiger partial charge is 0.407 e. The minimum absolute atomic E-state index is 0.110. The maximum absolute atomic E-state index is 12.0. The summed E-state index contributed by atoms with van der Waals surface area (Å²) in [5.74, 6) is 0.254. The molecule has 0 aliphatic carbocycles. The summed E-state index contributed by atoms with van der Waals surface area (Å²) >= 11 is 3.36. The molecular weight excluding hydrogens is 422 g/mol. The molecule has 0 saturated carbocycles. The Balaban J connectivity index is 1.68. The van der Waals surface area contributed by atoms with Crippen molar-refractivity contribution in [2.24, 2.45) is 0 Å². The number of nitrogens with one attached hydrogen (secondary N) is 1. The lowest BCUT2D eigenvalue weighted by Crippen LogP contribution is -2.16.